The molecular weight excluding hydrogens is 244 g/mol. The van der Waals surface area contributed by atoms with Crippen LogP contribution in [0.1, 0.15) is 30.6 Å². The molecule has 0 atom stereocenters. The quantitative estimate of drug-likeness (QED) is 0.874. The van der Waals surface area contributed by atoms with Crippen LogP contribution in [0.15, 0.2) is 12.1 Å². The smallest absolute Gasteiger partial charge is 0.240 e. The maximum Gasteiger partial charge on any atom is 0.240 e. The molecule has 0 aliphatic heterocycles. The Morgan fingerprint density at radius 3 is 2.75 bits per heavy atom. The largest absolute Gasteiger partial charge is 0.350 e. The number of amides is 1. The summed E-state index contributed by atoms with van der Waals surface area (Å²) in [6.45, 7) is 0.523. The predicted octanol–water partition coefficient (Wildman–Crippen LogP) is 2.29. The zero-order valence-corrected chi connectivity index (χ0v) is 10.5. The standard InChI is InChI=1S/C11H15ClN2OS/c12-9-4-3-8(16-9)7-14-10(15)11(13)5-1-2-6-11/h3-4H,1-2,5-7,13H2,(H,14,15). The Labute approximate surface area is 104 Å². The van der Waals surface area contributed by atoms with E-state index in [4.69, 9.17) is 17.3 Å². The minimum atomic E-state index is -0.638. The molecule has 0 radical (unpaired) electrons. The van der Waals surface area contributed by atoms with Crippen LogP contribution in [0, 0.1) is 0 Å². The summed E-state index contributed by atoms with van der Waals surface area (Å²) in [5.74, 6) is -0.0328. The van der Waals surface area contributed by atoms with E-state index < -0.39 is 5.54 Å². The first-order chi connectivity index (χ1) is 7.60. The number of halogens is 1. The summed E-state index contributed by atoms with van der Waals surface area (Å²) in [4.78, 5) is 12.9. The number of thiophene rings is 1. The average Bonchev–Trinajstić information content (AvgIpc) is 2.85. The van der Waals surface area contributed by atoms with Gasteiger partial charge in [-0.15, -0.1) is 11.3 Å². The maximum atomic E-state index is 11.9. The minimum Gasteiger partial charge on any atom is -0.350 e. The molecule has 0 unspecified atom stereocenters. The lowest BCUT2D eigenvalue weighted by Gasteiger charge is -2.21. The average molecular weight is 259 g/mol. The molecule has 16 heavy (non-hydrogen) atoms. The van der Waals surface area contributed by atoms with Crippen molar-refractivity contribution >= 4 is 28.8 Å². The van der Waals surface area contributed by atoms with Crippen molar-refractivity contribution in [3.05, 3.63) is 21.3 Å². The Morgan fingerprint density at radius 2 is 2.19 bits per heavy atom. The van der Waals surface area contributed by atoms with E-state index in [-0.39, 0.29) is 5.91 Å². The highest BCUT2D eigenvalue weighted by Crippen LogP contribution is 2.27. The Morgan fingerprint density at radius 1 is 1.50 bits per heavy atom. The molecule has 2 rings (SSSR count). The lowest BCUT2D eigenvalue weighted by Crippen LogP contribution is -2.51. The van der Waals surface area contributed by atoms with Crippen LogP contribution in [-0.4, -0.2) is 11.4 Å². The molecule has 1 fully saturated rings. The highest BCUT2D eigenvalue weighted by atomic mass is 35.5. The first-order valence-electron chi connectivity index (χ1n) is 5.41. The fourth-order valence-electron chi connectivity index (χ4n) is 2.02. The van der Waals surface area contributed by atoms with Crippen LogP contribution in [0.5, 0.6) is 0 Å². The number of rotatable bonds is 3. The van der Waals surface area contributed by atoms with E-state index >= 15 is 0 Å². The van der Waals surface area contributed by atoms with E-state index in [2.05, 4.69) is 5.32 Å². The molecule has 1 aliphatic carbocycles. The molecular formula is C11H15ClN2OS. The van der Waals surface area contributed by atoms with Crippen molar-refractivity contribution in [2.75, 3.05) is 0 Å². The van der Waals surface area contributed by atoms with Gasteiger partial charge in [0.2, 0.25) is 5.91 Å². The fourth-order valence-corrected chi connectivity index (χ4v) is 3.05. The normalized spacial score (nSPS) is 18.6. The fraction of sp³-hybridized carbons (Fsp3) is 0.545. The second-order valence-corrected chi connectivity index (χ2v) is 6.05. The molecule has 5 heteroatoms. The van der Waals surface area contributed by atoms with Crippen LogP contribution in [-0.2, 0) is 11.3 Å². The summed E-state index contributed by atoms with van der Waals surface area (Å²) in [6, 6.07) is 3.76. The van der Waals surface area contributed by atoms with Gasteiger partial charge in [-0.2, -0.15) is 0 Å². The van der Waals surface area contributed by atoms with Gasteiger partial charge in [0.25, 0.3) is 0 Å². The van der Waals surface area contributed by atoms with E-state index in [9.17, 15) is 4.79 Å². The van der Waals surface area contributed by atoms with Gasteiger partial charge in [-0.3, -0.25) is 4.79 Å². The number of carbonyl (C=O) groups is 1. The van der Waals surface area contributed by atoms with Gasteiger partial charge in [0.15, 0.2) is 0 Å². The van der Waals surface area contributed by atoms with Crippen LogP contribution < -0.4 is 11.1 Å². The second kappa shape index (κ2) is 4.73. The van der Waals surface area contributed by atoms with Crippen molar-refractivity contribution in [3.63, 3.8) is 0 Å². The Hall–Kier alpha value is -0.580. The maximum absolute atomic E-state index is 11.9. The molecule has 0 aromatic carbocycles. The van der Waals surface area contributed by atoms with Gasteiger partial charge in [-0.25, -0.2) is 0 Å². The minimum absolute atomic E-state index is 0.0328. The van der Waals surface area contributed by atoms with Crippen LogP contribution in [0.4, 0.5) is 0 Å². The van der Waals surface area contributed by atoms with Crippen molar-refractivity contribution in [3.8, 4) is 0 Å². The topological polar surface area (TPSA) is 55.1 Å². The molecule has 1 heterocycles. The highest BCUT2D eigenvalue weighted by molar-refractivity contribution is 7.16. The first-order valence-corrected chi connectivity index (χ1v) is 6.61. The SMILES string of the molecule is NC1(C(=O)NCc2ccc(Cl)s2)CCCC1. The number of nitrogens with two attached hydrogens (primary N) is 1. The lowest BCUT2D eigenvalue weighted by atomic mass is 9.98. The summed E-state index contributed by atoms with van der Waals surface area (Å²) in [7, 11) is 0. The zero-order valence-electron chi connectivity index (χ0n) is 8.96. The van der Waals surface area contributed by atoms with Crippen molar-refractivity contribution in [1.82, 2.24) is 5.32 Å². The van der Waals surface area contributed by atoms with E-state index in [1.54, 1.807) is 0 Å². The summed E-state index contributed by atoms with van der Waals surface area (Å²) >= 11 is 7.29. The van der Waals surface area contributed by atoms with E-state index in [1.807, 2.05) is 12.1 Å². The molecule has 1 saturated carbocycles. The molecule has 0 spiro atoms. The van der Waals surface area contributed by atoms with Crippen molar-refractivity contribution in [2.45, 2.75) is 37.8 Å². The summed E-state index contributed by atoms with van der Waals surface area (Å²) in [5.41, 5.74) is 5.40. The zero-order chi connectivity index (χ0) is 11.6. The van der Waals surface area contributed by atoms with Gasteiger partial charge in [0.1, 0.15) is 0 Å². The Balaban J connectivity index is 1.88. The summed E-state index contributed by atoms with van der Waals surface area (Å²) in [6.07, 6.45) is 3.69. The second-order valence-electron chi connectivity index (χ2n) is 4.25. The molecule has 0 bridgehead atoms. The van der Waals surface area contributed by atoms with Crippen molar-refractivity contribution < 1.29 is 4.79 Å². The van der Waals surface area contributed by atoms with Gasteiger partial charge >= 0.3 is 0 Å². The van der Waals surface area contributed by atoms with Crippen molar-refractivity contribution in [1.29, 1.82) is 0 Å². The van der Waals surface area contributed by atoms with Crippen LogP contribution in [0.25, 0.3) is 0 Å². The number of hydrogen-bond acceptors (Lipinski definition) is 3. The van der Waals surface area contributed by atoms with Gasteiger partial charge in [0, 0.05) is 4.88 Å². The number of carbonyl (C=O) groups excluding carboxylic acids is 1. The lowest BCUT2D eigenvalue weighted by molar-refractivity contribution is -0.126. The third-order valence-corrected chi connectivity index (χ3v) is 4.23. The van der Waals surface area contributed by atoms with Crippen LogP contribution in [0.2, 0.25) is 4.34 Å². The molecule has 3 N–H and O–H groups in total. The molecule has 3 nitrogen and oxygen atoms in total. The van der Waals surface area contributed by atoms with Gasteiger partial charge < -0.3 is 11.1 Å². The molecule has 1 amide bonds. The molecule has 88 valence electrons. The summed E-state index contributed by atoms with van der Waals surface area (Å²) < 4.78 is 0.743. The molecule has 0 saturated heterocycles. The van der Waals surface area contributed by atoms with Gasteiger partial charge in [-0.05, 0) is 25.0 Å². The Kier molecular flexibility index (Phi) is 3.52. The summed E-state index contributed by atoms with van der Waals surface area (Å²) in [5, 5.41) is 2.88. The number of nitrogens with one attached hydrogen (secondary N) is 1. The van der Waals surface area contributed by atoms with Crippen molar-refractivity contribution in [2.24, 2.45) is 5.73 Å². The third-order valence-electron chi connectivity index (χ3n) is 3.00. The molecule has 1 aromatic rings. The van der Waals surface area contributed by atoms with E-state index in [0.29, 0.717) is 6.54 Å². The highest BCUT2D eigenvalue weighted by Gasteiger charge is 2.36. The number of hydrogen-bond donors (Lipinski definition) is 2. The monoisotopic (exact) mass is 258 g/mol. The van der Waals surface area contributed by atoms with Crippen LogP contribution >= 0.6 is 22.9 Å². The predicted molar refractivity (Wildman–Crippen MR) is 66.6 cm³/mol. The van der Waals surface area contributed by atoms with Gasteiger partial charge in [-0.1, -0.05) is 24.4 Å². The van der Waals surface area contributed by atoms with E-state index in [0.717, 1.165) is 34.9 Å². The third kappa shape index (κ3) is 2.56. The van der Waals surface area contributed by atoms with E-state index in [1.165, 1.54) is 11.3 Å². The molecule has 1 aliphatic rings. The first kappa shape index (κ1) is 11.9. The molecule has 1 aromatic heterocycles. The Bertz CT molecular complexity index is 385. The van der Waals surface area contributed by atoms with Gasteiger partial charge in [0.05, 0.1) is 16.4 Å². The van der Waals surface area contributed by atoms with Crippen LogP contribution in [0.3, 0.4) is 0 Å².